The molecule has 4 atom stereocenters. The van der Waals surface area contributed by atoms with Crippen LogP contribution in [0.4, 0.5) is 4.39 Å². The van der Waals surface area contributed by atoms with Gasteiger partial charge in [0.2, 0.25) is 0 Å². The summed E-state index contributed by atoms with van der Waals surface area (Å²) >= 11 is 0. The topological polar surface area (TPSA) is 25.4 Å². The van der Waals surface area contributed by atoms with Crippen molar-refractivity contribution < 1.29 is 9.13 Å². The Kier molecular flexibility index (Phi) is 2.42. The third-order valence-corrected chi connectivity index (χ3v) is 4.74. The second-order valence-electron chi connectivity index (χ2n) is 5.74. The van der Waals surface area contributed by atoms with Crippen molar-refractivity contribution >= 4 is 0 Å². The van der Waals surface area contributed by atoms with Crippen molar-refractivity contribution in [2.75, 3.05) is 13.1 Å². The van der Waals surface area contributed by atoms with Crippen LogP contribution in [0.15, 0.2) is 18.3 Å². The highest BCUT2D eigenvalue weighted by molar-refractivity contribution is 5.09. The fraction of sp³-hybridized carbons (Fsp3) is 0.643. The van der Waals surface area contributed by atoms with Crippen LogP contribution in [0.5, 0.6) is 0 Å². The molecule has 0 spiro atoms. The normalized spacial score (nSPS) is 38.3. The van der Waals surface area contributed by atoms with Gasteiger partial charge >= 0.3 is 0 Å². The summed E-state index contributed by atoms with van der Waals surface area (Å²) in [6, 6.07) is 3.14. The number of ether oxygens (including phenoxy) is 1. The predicted octanol–water partition coefficient (Wildman–Crippen LogP) is 1.83. The van der Waals surface area contributed by atoms with Gasteiger partial charge in [-0.25, -0.2) is 4.39 Å². The molecular weight excluding hydrogens is 231 g/mol. The lowest BCUT2D eigenvalue weighted by molar-refractivity contribution is 0.0694. The van der Waals surface area contributed by atoms with E-state index in [0.717, 1.165) is 13.1 Å². The third kappa shape index (κ3) is 1.59. The summed E-state index contributed by atoms with van der Waals surface area (Å²) in [5, 5.41) is 0. The first-order valence-corrected chi connectivity index (χ1v) is 6.78. The number of fused-ring (bicyclic) bond motifs is 5. The predicted molar refractivity (Wildman–Crippen MR) is 64.3 cm³/mol. The molecule has 1 aromatic rings. The Morgan fingerprint density at radius 1 is 1.28 bits per heavy atom. The average molecular weight is 248 g/mol. The monoisotopic (exact) mass is 248 g/mol. The molecule has 4 rings (SSSR count). The second-order valence-corrected chi connectivity index (χ2v) is 5.74. The molecule has 3 aliphatic heterocycles. The van der Waals surface area contributed by atoms with E-state index < -0.39 is 0 Å². The average Bonchev–Trinajstić information content (AvgIpc) is 3.03. The fourth-order valence-electron chi connectivity index (χ4n) is 3.92. The number of hydrogen-bond acceptors (Lipinski definition) is 3. The minimum Gasteiger partial charge on any atom is -0.374 e. The molecule has 3 fully saturated rings. The van der Waals surface area contributed by atoms with Crippen LogP contribution in [-0.2, 0) is 11.3 Å². The van der Waals surface area contributed by atoms with Crippen molar-refractivity contribution in [1.29, 1.82) is 0 Å². The lowest BCUT2D eigenvalue weighted by atomic mass is 9.82. The van der Waals surface area contributed by atoms with Crippen molar-refractivity contribution in [2.45, 2.75) is 31.6 Å². The molecular formula is C14H17FN2O. The van der Waals surface area contributed by atoms with Gasteiger partial charge in [-0.2, -0.15) is 0 Å². The molecule has 4 heteroatoms. The zero-order valence-electron chi connectivity index (χ0n) is 10.3. The summed E-state index contributed by atoms with van der Waals surface area (Å²) in [4.78, 5) is 6.48. The first kappa shape index (κ1) is 10.9. The van der Waals surface area contributed by atoms with E-state index in [-0.39, 0.29) is 5.82 Å². The molecule has 96 valence electrons. The first-order chi connectivity index (χ1) is 8.81. The van der Waals surface area contributed by atoms with E-state index >= 15 is 0 Å². The van der Waals surface area contributed by atoms with E-state index in [0.29, 0.717) is 36.3 Å². The third-order valence-electron chi connectivity index (χ3n) is 4.74. The van der Waals surface area contributed by atoms with Crippen LogP contribution in [0.1, 0.15) is 18.5 Å². The number of likely N-dealkylation sites (tertiary alicyclic amines) is 1. The van der Waals surface area contributed by atoms with Gasteiger partial charge in [-0.3, -0.25) is 9.88 Å². The lowest BCUT2D eigenvalue weighted by Gasteiger charge is -2.18. The van der Waals surface area contributed by atoms with E-state index in [1.807, 2.05) is 0 Å². The zero-order valence-corrected chi connectivity index (χ0v) is 10.3. The highest BCUT2D eigenvalue weighted by Gasteiger charge is 2.52. The zero-order chi connectivity index (χ0) is 12.1. The SMILES string of the molecule is Fc1cccnc1CN1C[C@@H]2[C@H](C1)[C@H]1CC[C@@H]2O1. The van der Waals surface area contributed by atoms with Gasteiger partial charge in [0.25, 0.3) is 0 Å². The number of nitrogens with zero attached hydrogens (tertiary/aromatic N) is 2. The van der Waals surface area contributed by atoms with Crippen LogP contribution in [0.25, 0.3) is 0 Å². The van der Waals surface area contributed by atoms with Gasteiger partial charge in [-0.05, 0) is 25.0 Å². The lowest BCUT2D eigenvalue weighted by Crippen LogP contribution is -2.25. The first-order valence-electron chi connectivity index (χ1n) is 6.78. The van der Waals surface area contributed by atoms with E-state index in [1.165, 1.54) is 18.9 Å². The molecule has 0 unspecified atom stereocenters. The van der Waals surface area contributed by atoms with Crippen molar-refractivity contribution in [3.63, 3.8) is 0 Å². The molecule has 0 saturated carbocycles. The van der Waals surface area contributed by atoms with Crippen LogP contribution in [-0.4, -0.2) is 35.2 Å². The van der Waals surface area contributed by atoms with Crippen LogP contribution in [0.2, 0.25) is 0 Å². The maximum atomic E-state index is 13.6. The molecule has 0 aliphatic carbocycles. The van der Waals surface area contributed by atoms with Gasteiger partial charge in [0, 0.05) is 37.7 Å². The number of pyridine rings is 1. The molecule has 4 heterocycles. The molecule has 0 aromatic carbocycles. The van der Waals surface area contributed by atoms with Gasteiger partial charge in [0.15, 0.2) is 0 Å². The van der Waals surface area contributed by atoms with Gasteiger partial charge in [-0.1, -0.05) is 0 Å². The molecule has 0 N–H and O–H groups in total. The summed E-state index contributed by atoms with van der Waals surface area (Å²) in [6.07, 6.45) is 5.05. The second kappa shape index (κ2) is 4.00. The van der Waals surface area contributed by atoms with Crippen molar-refractivity contribution in [2.24, 2.45) is 11.8 Å². The van der Waals surface area contributed by atoms with Gasteiger partial charge in [-0.15, -0.1) is 0 Å². The Labute approximate surface area is 106 Å². The molecule has 3 aliphatic rings. The molecule has 0 amide bonds. The summed E-state index contributed by atoms with van der Waals surface area (Å²) < 4.78 is 19.5. The number of hydrogen-bond donors (Lipinski definition) is 0. The van der Waals surface area contributed by atoms with Crippen molar-refractivity contribution in [1.82, 2.24) is 9.88 Å². The minimum absolute atomic E-state index is 0.186. The highest BCUT2D eigenvalue weighted by atomic mass is 19.1. The Balaban J connectivity index is 1.48. The maximum Gasteiger partial charge on any atom is 0.146 e. The van der Waals surface area contributed by atoms with E-state index in [1.54, 1.807) is 12.3 Å². The van der Waals surface area contributed by atoms with Gasteiger partial charge < -0.3 is 4.74 Å². The summed E-state index contributed by atoms with van der Waals surface area (Å²) in [7, 11) is 0. The Hall–Kier alpha value is -1.00. The molecule has 3 saturated heterocycles. The van der Waals surface area contributed by atoms with Crippen molar-refractivity contribution in [3.05, 3.63) is 29.8 Å². The quantitative estimate of drug-likeness (QED) is 0.798. The summed E-state index contributed by atoms with van der Waals surface area (Å²) in [5.41, 5.74) is 0.575. The van der Waals surface area contributed by atoms with Crippen LogP contribution < -0.4 is 0 Å². The van der Waals surface area contributed by atoms with Gasteiger partial charge in [0.1, 0.15) is 5.82 Å². The minimum atomic E-state index is -0.186. The summed E-state index contributed by atoms with van der Waals surface area (Å²) in [5.74, 6) is 1.17. The molecule has 3 nitrogen and oxygen atoms in total. The van der Waals surface area contributed by atoms with Crippen molar-refractivity contribution in [3.8, 4) is 0 Å². The highest BCUT2D eigenvalue weighted by Crippen LogP contribution is 2.47. The van der Waals surface area contributed by atoms with Gasteiger partial charge in [0.05, 0.1) is 17.9 Å². The Bertz CT molecular complexity index is 449. The number of rotatable bonds is 2. The summed E-state index contributed by atoms with van der Waals surface area (Å²) in [6.45, 7) is 2.73. The van der Waals surface area contributed by atoms with Crippen LogP contribution >= 0.6 is 0 Å². The van der Waals surface area contributed by atoms with Crippen LogP contribution in [0, 0.1) is 17.7 Å². The molecule has 18 heavy (non-hydrogen) atoms. The number of halogens is 1. The maximum absolute atomic E-state index is 13.6. The van der Waals surface area contributed by atoms with Crippen LogP contribution in [0.3, 0.4) is 0 Å². The molecule has 2 bridgehead atoms. The molecule has 0 radical (unpaired) electrons. The molecule has 1 aromatic heterocycles. The fourth-order valence-corrected chi connectivity index (χ4v) is 3.92. The smallest absolute Gasteiger partial charge is 0.146 e. The number of aromatic nitrogens is 1. The largest absolute Gasteiger partial charge is 0.374 e. The Morgan fingerprint density at radius 2 is 2.00 bits per heavy atom. The van der Waals surface area contributed by atoms with E-state index in [4.69, 9.17) is 4.74 Å². The van der Waals surface area contributed by atoms with E-state index in [2.05, 4.69) is 9.88 Å². The standard InChI is InChI=1S/C14H17FN2O/c15-11-2-1-5-16-12(11)8-17-6-9-10(7-17)14-4-3-13(9)18-14/h1-2,5,9-10,13-14H,3-4,6-8H2/t9-,10+,13+,14-. The van der Waals surface area contributed by atoms with E-state index in [9.17, 15) is 4.39 Å². The Morgan fingerprint density at radius 3 is 2.67 bits per heavy atom.